The molecule has 0 bridgehead atoms. The van der Waals surface area contributed by atoms with Crippen LogP contribution in [0.5, 0.6) is 11.5 Å². The van der Waals surface area contributed by atoms with Gasteiger partial charge in [-0.3, -0.25) is 9.59 Å². The van der Waals surface area contributed by atoms with Crippen molar-refractivity contribution in [2.75, 3.05) is 26.3 Å². The predicted molar refractivity (Wildman–Crippen MR) is 100 cm³/mol. The van der Waals surface area contributed by atoms with Crippen LogP contribution in [-0.4, -0.2) is 55.2 Å². The molecule has 5 rings (SSSR count). The van der Waals surface area contributed by atoms with E-state index in [9.17, 15) is 9.59 Å². The van der Waals surface area contributed by atoms with E-state index in [4.69, 9.17) is 14.2 Å². The van der Waals surface area contributed by atoms with Crippen molar-refractivity contribution in [3.63, 3.8) is 0 Å². The number of hydrogen-bond acceptors (Lipinski definition) is 5. The molecule has 3 heterocycles. The van der Waals surface area contributed by atoms with Gasteiger partial charge in [-0.15, -0.1) is 0 Å². The zero-order valence-corrected chi connectivity index (χ0v) is 15.9. The minimum atomic E-state index is -0.540. The summed E-state index contributed by atoms with van der Waals surface area (Å²) in [5.41, 5.74) is 2.17. The van der Waals surface area contributed by atoms with Crippen LogP contribution in [-0.2, 0) is 27.3 Å². The molecular weight excluding hydrogens is 360 g/mol. The maximum Gasteiger partial charge on any atom is 0.312 e. The molecule has 3 atom stereocenters. The number of amides is 2. The molecule has 1 saturated carbocycles. The molecule has 1 aromatic rings. The van der Waals surface area contributed by atoms with Gasteiger partial charge in [-0.05, 0) is 54.9 Å². The molecule has 1 aliphatic carbocycles. The van der Waals surface area contributed by atoms with Gasteiger partial charge in [0.1, 0.15) is 13.2 Å². The number of hydrogen-bond donors (Lipinski definition) is 1. The van der Waals surface area contributed by atoms with Gasteiger partial charge in [0, 0.05) is 19.6 Å². The molecule has 1 aromatic carbocycles. The van der Waals surface area contributed by atoms with Gasteiger partial charge in [0.25, 0.3) is 0 Å². The van der Waals surface area contributed by atoms with Crippen molar-refractivity contribution in [1.29, 1.82) is 0 Å². The fourth-order valence-corrected chi connectivity index (χ4v) is 4.92. The van der Waals surface area contributed by atoms with Crippen molar-refractivity contribution in [2.24, 2.45) is 5.92 Å². The molecule has 0 aromatic heterocycles. The summed E-state index contributed by atoms with van der Waals surface area (Å²) in [6.45, 7) is 2.45. The summed E-state index contributed by atoms with van der Waals surface area (Å²) in [5, 5.41) is 2.79. The lowest BCUT2D eigenvalue weighted by atomic mass is 9.98. The van der Waals surface area contributed by atoms with Gasteiger partial charge in [0.05, 0.1) is 12.2 Å². The van der Waals surface area contributed by atoms with E-state index >= 15 is 0 Å². The fraction of sp³-hybridized carbons (Fsp3) is 0.619. The van der Waals surface area contributed by atoms with Gasteiger partial charge in [-0.2, -0.15) is 0 Å². The Morgan fingerprint density at radius 3 is 2.68 bits per heavy atom. The summed E-state index contributed by atoms with van der Waals surface area (Å²) in [6.07, 6.45) is 5.68. The highest BCUT2D eigenvalue weighted by Crippen LogP contribution is 2.38. The van der Waals surface area contributed by atoms with Crippen LogP contribution >= 0.6 is 0 Å². The minimum Gasteiger partial charge on any atom is -0.486 e. The number of rotatable bonds is 2. The summed E-state index contributed by atoms with van der Waals surface area (Å²) in [6, 6.07) is 3.94. The van der Waals surface area contributed by atoms with E-state index in [1.54, 1.807) is 4.90 Å². The second-order valence-electron chi connectivity index (χ2n) is 8.17. The van der Waals surface area contributed by atoms with Gasteiger partial charge < -0.3 is 24.4 Å². The second-order valence-corrected chi connectivity index (χ2v) is 8.17. The lowest BCUT2D eigenvalue weighted by molar-refractivity contribution is -0.146. The lowest BCUT2D eigenvalue weighted by Crippen LogP contribution is -2.46. The Morgan fingerprint density at radius 2 is 1.89 bits per heavy atom. The van der Waals surface area contributed by atoms with Gasteiger partial charge in [0.15, 0.2) is 11.5 Å². The fourth-order valence-electron chi connectivity index (χ4n) is 4.92. The van der Waals surface area contributed by atoms with Gasteiger partial charge in [0.2, 0.25) is 0 Å². The Labute approximate surface area is 164 Å². The molecule has 28 heavy (non-hydrogen) atoms. The molecule has 3 aliphatic heterocycles. The zero-order chi connectivity index (χ0) is 19.1. The summed E-state index contributed by atoms with van der Waals surface area (Å²) in [5.74, 6) is 1.10. The molecule has 7 heteroatoms. The Morgan fingerprint density at radius 1 is 1.11 bits per heavy atom. The normalized spacial score (nSPS) is 27.9. The van der Waals surface area contributed by atoms with Crippen molar-refractivity contribution in [3.8, 4) is 11.5 Å². The Hall–Kier alpha value is -2.28. The molecule has 0 spiro atoms. The number of ether oxygens (including phenoxy) is 3. The smallest absolute Gasteiger partial charge is 0.312 e. The number of carbonyl (C=O) groups excluding carboxylic acids is 2. The Kier molecular flexibility index (Phi) is 4.62. The van der Waals surface area contributed by atoms with E-state index in [1.807, 2.05) is 12.1 Å². The molecule has 3 unspecified atom stereocenters. The third kappa shape index (κ3) is 3.32. The van der Waals surface area contributed by atoms with E-state index in [0.29, 0.717) is 57.0 Å². The first-order chi connectivity index (χ1) is 13.7. The molecule has 1 saturated heterocycles. The van der Waals surface area contributed by atoms with Crippen LogP contribution in [0.4, 0.5) is 0 Å². The lowest BCUT2D eigenvalue weighted by Gasteiger charge is -2.30. The number of nitrogens with one attached hydrogen (secondary N) is 1. The Bertz CT molecular complexity index is 783. The first-order valence-corrected chi connectivity index (χ1v) is 10.3. The molecule has 150 valence electrons. The van der Waals surface area contributed by atoms with Gasteiger partial charge >= 0.3 is 11.8 Å². The third-order valence-electron chi connectivity index (χ3n) is 6.37. The third-order valence-corrected chi connectivity index (χ3v) is 6.37. The molecule has 2 fully saturated rings. The number of fused-ring (bicyclic) bond motifs is 3. The zero-order valence-electron chi connectivity index (χ0n) is 15.9. The van der Waals surface area contributed by atoms with E-state index in [2.05, 4.69) is 5.32 Å². The predicted octanol–water partition coefficient (Wildman–Crippen LogP) is 1.42. The van der Waals surface area contributed by atoms with Crippen molar-refractivity contribution in [2.45, 2.75) is 50.9 Å². The SMILES string of the molecule is O=C(NCC1CC2CCCC2O1)C(=O)N1CCc2cc3c(cc2C1)OCCO3. The van der Waals surface area contributed by atoms with Crippen LogP contribution in [0.25, 0.3) is 0 Å². The molecular formula is C21H26N2O5. The maximum atomic E-state index is 12.6. The second kappa shape index (κ2) is 7.28. The largest absolute Gasteiger partial charge is 0.486 e. The highest BCUT2D eigenvalue weighted by Gasteiger charge is 2.38. The van der Waals surface area contributed by atoms with E-state index in [1.165, 1.54) is 12.8 Å². The van der Waals surface area contributed by atoms with Crippen LogP contribution < -0.4 is 14.8 Å². The van der Waals surface area contributed by atoms with Crippen LogP contribution in [0.2, 0.25) is 0 Å². The quantitative estimate of drug-likeness (QED) is 0.778. The summed E-state index contributed by atoms with van der Waals surface area (Å²) >= 11 is 0. The van der Waals surface area contributed by atoms with Crippen molar-refractivity contribution >= 4 is 11.8 Å². The first kappa shape index (κ1) is 17.8. The number of nitrogens with zero attached hydrogens (tertiary/aromatic N) is 1. The van der Waals surface area contributed by atoms with Crippen molar-refractivity contribution < 1.29 is 23.8 Å². The standard InChI is InChI=1S/C21H26N2O5/c24-20(22-11-16-8-14-2-1-3-17(14)28-16)21(25)23-5-4-13-9-18-19(10-15(13)12-23)27-7-6-26-18/h9-10,14,16-17H,1-8,11-12H2,(H,22,24). The summed E-state index contributed by atoms with van der Waals surface area (Å²) in [4.78, 5) is 26.6. The van der Waals surface area contributed by atoms with Crippen LogP contribution in [0.1, 0.15) is 36.8 Å². The average Bonchev–Trinajstić information content (AvgIpc) is 3.31. The van der Waals surface area contributed by atoms with Gasteiger partial charge in [-0.25, -0.2) is 0 Å². The van der Waals surface area contributed by atoms with Crippen LogP contribution in [0, 0.1) is 5.92 Å². The highest BCUT2D eigenvalue weighted by atomic mass is 16.6. The highest BCUT2D eigenvalue weighted by molar-refractivity contribution is 6.35. The van der Waals surface area contributed by atoms with E-state index in [0.717, 1.165) is 29.7 Å². The van der Waals surface area contributed by atoms with Crippen LogP contribution in [0.3, 0.4) is 0 Å². The number of benzene rings is 1. The summed E-state index contributed by atoms with van der Waals surface area (Å²) in [7, 11) is 0. The first-order valence-electron chi connectivity index (χ1n) is 10.3. The topological polar surface area (TPSA) is 77.1 Å². The molecule has 1 N–H and O–H groups in total. The van der Waals surface area contributed by atoms with Gasteiger partial charge in [-0.1, -0.05) is 6.42 Å². The maximum absolute atomic E-state index is 12.6. The van der Waals surface area contributed by atoms with E-state index in [-0.39, 0.29) is 6.10 Å². The van der Waals surface area contributed by atoms with Crippen LogP contribution in [0.15, 0.2) is 12.1 Å². The molecule has 4 aliphatic rings. The van der Waals surface area contributed by atoms with E-state index < -0.39 is 11.8 Å². The monoisotopic (exact) mass is 386 g/mol. The van der Waals surface area contributed by atoms with Crippen molar-refractivity contribution in [3.05, 3.63) is 23.3 Å². The number of carbonyl (C=O) groups is 2. The Balaban J connectivity index is 1.17. The average molecular weight is 386 g/mol. The minimum absolute atomic E-state index is 0.0396. The molecule has 7 nitrogen and oxygen atoms in total. The summed E-state index contributed by atoms with van der Waals surface area (Å²) < 4.78 is 17.3. The molecule has 0 radical (unpaired) electrons. The molecule has 2 amide bonds. The van der Waals surface area contributed by atoms with Crippen molar-refractivity contribution in [1.82, 2.24) is 10.2 Å².